The molecule has 5 nitrogen and oxygen atoms in total. The van der Waals surface area contributed by atoms with Crippen molar-refractivity contribution in [2.75, 3.05) is 26.3 Å². The molecule has 1 spiro atoms. The van der Waals surface area contributed by atoms with Crippen molar-refractivity contribution in [3.8, 4) is 5.88 Å². The highest BCUT2D eigenvalue weighted by molar-refractivity contribution is 5.14. The summed E-state index contributed by atoms with van der Waals surface area (Å²) in [6.45, 7) is 3.72. The summed E-state index contributed by atoms with van der Waals surface area (Å²) in [7, 11) is 0. The van der Waals surface area contributed by atoms with Gasteiger partial charge in [0.25, 0.3) is 0 Å². The van der Waals surface area contributed by atoms with Gasteiger partial charge in [-0.1, -0.05) is 6.07 Å². The van der Waals surface area contributed by atoms with E-state index in [0.29, 0.717) is 6.61 Å². The van der Waals surface area contributed by atoms with E-state index in [1.807, 2.05) is 24.4 Å². The maximum atomic E-state index is 13.6. The molecule has 2 aromatic rings. The van der Waals surface area contributed by atoms with Crippen LogP contribution in [0.5, 0.6) is 5.88 Å². The fraction of sp³-hybridized carbons (Fsp3) is 0.444. The highest BCUT2D eigenvalue weighted by atomic mass is 19.1. The molecule has 4 rings (SSSR count). The highest BCUT2D eigenvalue weighted by Gasteiger charge is 2.53. The van der Waals surface area contributed by atoms with Gasteiger partial charge in [0.05, 0.1) is 17.9 Å². The van der Waals surface area contributed by atoms with E-state index in [4.69, 9.17) is 9.47 Å². The molecule has 2 fully saturated rings. The topological polar surface area (TPSA) is 47.5 Å². The van der Waals surface area contributed by atoms with Crippen LogP contribution in [0.15, 0.2) is 42.7 Å². The van der Waals surface area contributed by atoms with Crippen molar-refractivity contribution < 1.29 is 13.9 Å². The zero-order valence-corrected chi connectivity index (χ0v) is 13.4. The number of rotatable bonds is 5. The summed E-state index contributed by atoms with van der Waals surface area (Å²) in [5.74, 6) is -0.0843. The summed E-state index contributed by atoms with van der Waals surface area (Å²) in [4.78, 5) is 10.6. The second kappa shape index (κ2) is 6.45. The van der Waals surface area contributed by atoms with Gasteiger partial charge in [0.1, 0.15) is 0 Å². The number of aromatic nitrogens is 2. The van der Waals surface area contributed by atoms with E-state index in [9.17, 15) is 4.39 Å². The van der Waals surface area contributed by atoms with E-state index in [2.05, 4.69) is 14.9 Å². The van der Waals surface area contributed by atoms with Crippen LogP contribution in [0.25, 0.3) is 0 Å². The summed E-state index contributed by atoms with van der Waals surface area (Å²) >= 11 is 0. The first-order valence-corrected chi connectivity index (χ1v) is 8.25. The number of nitrogens with zero attached hydrogens (tertiary/aromatic N) is 3. The van der Waals surface area contributed by atoms with Gasteiger partial charge in [0.2, 0.25) is 5.88 Å². The summed E-state index contributed by atoms with van der Waals surface area (Å²) in [6.07, 6.45) is 4.29. The molecule has 0 bridgehead atoms. The molecule has 0 aliphatic carbocycles. The van der Waals surface area contributed by atoms with E-state index in [1.54, 1.807) is 6.07 Å². The predicted molar refractivity (Wildman–Crippen MR) is 86.0 cm³/mol. The molecule has 2 saturated heterocycles. The molecule has 0 aromatic carbocycles. The summed E-state index contributed by atoms with van der Waals surface area (Å²) in [5, 5.41) is 0. The molecule has 1 atom stereocenters. The van der Waals surface area contributed by atoms with Crippen molar-refractivity contribution in [2.45, 2.75) is 18.6 Å². The van der Waals surface area contributed by atoms with Crippen LogP contribution in [0.1, 0.15) is 12.1 Å². The first kappa shape index (κ1) is 15.5. The van der Waals surface area contributed by atoms with Crippen LogP contribution in [0.4, 0.5) is 4.39 Å². The summed E-state index contributed by atoms with van der Waals surface area (Å²) < 4.78 is 25.3. The lowest BCUT2D eigenvalue weighted by molar-refractivity contribution is -0.141. The van der Waals surface area contributed by atoms with Gasteiger partial charge in [-0.15, -0.1) is 0 Å². The van der Waals surface area contributed by atoms with E-state index in [-0.39, 0.29) is 17.4 Å². The van der Waals surface area contributed by atoms with Gasteiger partial charge in [-0.05, 0) is 30.7 Å². The Balaban J connectivity index is 1.34. The molecule has 24 heavy (non-hydrogen) atoms. The first-order valence-electron chi connectivity index (χ1n) is 8.25. The van der Waals surface area contributed by atoms with Crippen molar-refractivity contribution in [3.05, 3.63) is 54.2 Å². The molecule has 126 valence electrons. The molecule has 0 N–H and O–H groups in total. The van der Waals surface area contributed by atoms with Crippen LogP contribution < -0.4 is 4.74 Å². The average molecular weight is 329 g/mol. The van der Waals surface area contributed by atoms with Crippen molar-refractivity contribution in [1.29, 1.82) is 0 Å². The van der Waals surface area contributed by atoms with E-state index in [0.717, 1.165) is 38.4 Å². The molecule has 2 aliphatic rings. The standard InChI is InChI=1S/C18H20FN3O2/c19-16-5-3-8-21-17(16)23-11-14-6-9-24-18(14)12-22(13-18)10-15-4-1-2-7-20-15/h1-5,7-8,14H,6,9-13H2. The van der Waals surface area contributed by atoms with Crippen molar-refractivity contribution in [3.63, 3.8) is 0 Å². The maximum absolute atomic E-state index is 13.6. The second-order valence-corrected chi connectivity index (χ2v) is 6.47. The molecule has 2 aromatic heterocycles. The Kier molecular flexibility index (Phi) is 4.16. The lowest BCUT2D eigenvalue weighted by Crippen LogP contribution is -2.64. The quantitative estimate of drug-likeness (QED) is 0.842. The average Bonchev–Trinajstić information content (AvgIpc) is 2.99. The number of likely N-dealkylation sites (tertiary alicyclic amines) is 1. The second-order valence-electron chi connectivity index (χ2n) is 6.47. The molecule has 0 amide bonds. The lowest BCUT2D eigenvalue weighted by Gasteiger charge is -2.50. The Labute approximate surface area is 140 Å². The third-order valence-corrected chi connectivity index (χ3v) is 4.84. The zero-order chi connectivity index (χ0) is 16.4. The van der Waals surface area contributed by atoms with Crippen LogP contribution in [0.2, 0.25) is 0 Å². The van der Waals surface area contributed by atoms with Gasteiger partial charge < -0.3 is 9.47 Å². The van der Waals surface area contributed by atoms with Crippen LogP contribution >= 0.6 is 0 Å². The van der Waals surface area contributed by atoms with E-state index < -0.39 is 5.82 Å². The fourth-order valence-electron chi connectivity index (χ4n) is 3.57. The van der Waals surface area contributed by atoms with Gasteiger partial charge >= 0.3 is 0 Å². The fourth-order valence-corrected chi connectivity index (χ4v) is 3.57. The number of ether oxygens (including phenoxy) is 2. The number of halogens is 1. The summed E-state index contributed by atoms with van der Waals surface area (Å²) in [6, 6.07) is 8.88. The molecule has 2 aliphatic heterocycles. The molecular formula is C18H20FN3O2. The van der Waals surface area contributed by atoms with Crippen LogP contribution in [-0.4, -0.2) is 46.8 Å². The minimum Gasteiger partial charge on any atom is -0.475 e. The third-order valence-electron chi connectivity index (χ3n) is 4.84. The first-order chi connectivity index (χ1) is 11.8. The van der Waals surface area contributed by atoms with Gasteiger partial charge in [0, 0.05) is 44.6 Å². The minimum atomic E-state index is -0.421. The van der Waals surface area contributed by atoms with Gasteiger partial charge in [-0.3, -0.25) is 9.88 Å². The monoisotopic (exact) mass is 329 g/mol. The smallest absolute Gasteiger partial charge is 0.250 e. The normalized spacial score (nSPS) is 22.5. The van der Waals surface area contributed by atoms with Crippen LogP contribution in [0.3, 0.4) is 0 Å². The van der Waals surface area contributed by atoms with Crippen molar-refractivity contribution in [1.82, 2.24) is 14.9 Å². The molecule has 4 heterocycles. The molecule has 6 heteroatoms. The van der Waals surface area contributed by atoms with Gasteiger partial charge in [-0.25, -0.2) is 9.37 Å². The number of pyridine rings is 2. The molecule has 1 unspecified atom stereocenters. The van der Waals surface area contributed by atoms with Crippen LogP contribution in [-0.2, 0) is 11.3 Å². The molecule has 0 radical (unpaired) electrons. The number of hydrogen-bond donors (Lipinski definition) is 0. The number of hydrogen-bond acceptors (Lipinski definition) is 5. The SMILES string of the molecule is Fc1cccnc1OCC1CCOC12CN(Cc1ccccn1)C2. The Morgan fingerprint density at radius 1 is 1.21 bits per heavy atom. The predicted octanol–water partition coefficient (Wildman–Crippen LogP) is 2.29. The molecule has 0 saturated carbocycles. The molecular weight excluding hydrogens is 309 g/mol. The Bertz CT molecular complexity index is 692. The van der Waals surface area contributed by atoms with Gasteiger partial charge in [0.15, 0.2) is 5.82 Å². The zero-order valence-electron chi connectivity index (χ0n) is 13.4. The van der Waals surface area contributed by atoms with Crippen LogP contribution in [0, 0.1) is 11.7 Å². The maximum Gasteiger partial charge on any atom is 0.250 e. The van der Waals surface area contributed by atoms with E-state index >= 15 is 0 Å². The lowest BCUT2D eigenvalue weighted by atomic mass is 9.81. The largest absolute Gasteiger partial charge is 0.475 e. The summed E-state index contributed by atoms with van der Waals surface area (Å²) in [5.41, 5.74) is 0.897. The Morgan fingerprint density at radius 2 is 2.08 bits per heavy atom. The van der Waals surface area contributed by atoms with Crippen molar-refractivity contribution >= 4 is 0 Å². The third kappa shape index (κ3) is 2.99. The Morgan fingerprint density at radius 3 is 2.88 bits per heavy atom. The van der Waals surface area contributed by atoms with E-state index in [1.165, 1.54) is 12.3 Å². The van der Waals surface area contributed by atoms with Gasteiger partial charge in [-0.2, -0.15) is 0 Å². The van der Waals surface area contributed by atoms with Crippen molar-refractivity contribution in [2.24, 2.45) is 5.92 Å². The Hall–Kier alpha value is -2.05. The highest BCUT2D eigenvalue weighted by Crippen LogP contribution is 2.40. The minimum absolute atomic E-state index is 0.0733.